The van der Waals surface area contributed by atoms with E-state index in [9.17, 15) is 13.2 Å². The second-order valence-corrected chi connectivity index (χ2v) is 7.25. The summed E-state index contributed by atoms with van der Waals surface area (Å²) in [6.07, 6.45) is 2.61. The van der Waals surface area contributed by atoms with E-state index < -0.39 is 10.0 Å². The second-order valence-electron chi connectivity index (χ2n) is 5.05. The van der Waals surface area contributed by atoms with Crippen LogP contribution in [0.3, 0.4) is 0 Å². The van der Waals surface area contributed by atoms with E-state index in [0.29, 0.717) is 19.0 Å². The van der Waals surface area contributed by atoms with Gasteiger partial charge in [-0.2, -0.15) is 0 Å². The fourth-order valence-electron chi connectivity index (χ4n) is 2.28. The molecule has 0 aromatic carbocycles. The molecule has 0 radical (unpaired) electrons. The maximum absolute atomic E-state index is 12.1. The quantitative estimate of drug-likeness (QED) is 0.631. The van der Waals surface area contributed by atoms with Crippen molar-refractivity contribution < 1.29 is 17.9 Å². The minimum absolute atomic E-state index is 0.00493. The number of carbonyl (C=O) groups excluding carboxylic acids is 1. The molecular formula is C12H24N2O4S. The lowest BCUT2D eigenvalue weighted by Gasteiger charge is -2.25. The van der Waals surface area contributed by atoms with E-state index in [4.69, 9.17) is 0 Å². The molecule has 0 amide bonds. The third-order valence-electron chi connectivity index (χ3n) is 3.63. The smallest absolute Gasteiger partial charge is 0.305 e. The Morgan fingerprint density at radius 3 is 2.68 bits per heavy atom. The van der Waals surface area contributed by atoms with Crippen LogP contribution in [0.5, 0.6) is 0 Å². The highest BCUT2D eigenvalue weighted by Gasteiger charge is 2.26. The van der Waals surface area contributed by atoms with Crippen molar-refractivity contribution in [2.24, 2.45) is 0 Å². The molecule has 0 saturated carbocycles. The van der Waals surface area contributed by atoms with Crippen molar-refractivity contribution in [2.45, 2.75) is 31.7 Å². The van der Waals surface area contributed by atoms with Crippen LogP contribution in [-0.4, -0.2) is 69.7 Å². The fourth-order valence-corrected chi connectivity index (χ4v) is 3.50. The zero-order chi connectivity index (χ0) is 14.5. The average molecular weight is 292 g/mol. The molecule has 1 unspecified atom stereocenters. The maximum Gasteiger partial charge on any atom is 0.305 e. The van der Waals surface area contributed by atoms with E-state index >= 15 is 0 Å². The largest absolute Gasteiger partial charge is 0.469 e. The third kappa shape index (κ3) is 5.08. The Balaban J connectivity index is 2.40. The van der Waals surface area contributed by atoms with Crippen LogP contribution in [0.4, 0.5) is 0 Å². The summed E-state index contributed by atoms with van der Waals surface area (Å²) < 4.78 is 30.0. The second kappa shape index (κ2) is 7.21. The first kappa shape index (κ1) is 16.4. The molecule has 1 atom stereocenters. The molecule has 1 fully saturated rings. The van der Waals surface area contributed by atoms with E-state index in [1.165, 1.54) is 11.4 Å². The molecule has 1 aliphatic heterocycles. The van der Waals surface area contributed by atoms with Gasteiger partial charge in [-0.1, -0.05) is 0 Å². The number of hydrogen-bond acceptors (Lipinski definition) is 5. The predicted octanol–water partition coefficient (Wildman–Crippen LogP) is 0.295. The Labute approximate surface area is 115 Å². The lowest BCUT2D eigenvalue weighted by molar-refractivity contribution is -0.140. The Morgan fingerprint density at radius 1 is 1.47 bits per heavy atom. The lowest BCUT2D eigenvalue weighted by Crippen LogP contribution is -2.40. The van der Waals surface area contributed by atoms with E-state index in [1.807, 2.05) is 7.05 Å². The molecule has 0 spiro atoms. The van der Waals surface area contributed by atoms with E-state index in [1.54, 1.807) is 7.05 Å². The van der Waals surface area contributed by atoms with Gasteiger partial charge in [0.15, 0.2) is 0 Å². The number of likely N-dealkylation sites (N-methyl/N-ethyl adjacent to an activating group) is 2. The van der Waals surface area contributed by atoms with Crippen LogP contribution in [0.25, 0.3) is 0 Å². The zero-order valence-corrected chi connectivity index (χ0v) is 12.8. The summed E-state index contributed by atoms with van der Waals surface area (Å²) in [7, 11) is 1.66. The van der Waals surface area contributed by atoms with Gasteiger partial charge in [0.2, 0.25) is 10.0 Å². The summed E-state index contributed by atoms with van der Waals surface area (Å²) >= 11 is 0. The van der Waals surface area contributed by atoms with Crippen molar-refractivity contribution in [1.29, 1.82) is 0 Å². The highest BCUT2D eigenvalue weighted by Crippen LogP contribution is 2.17. The first-order valence-electron chi connectivity index (χ1n) is 6.58. The van der Waals surface area contributed by atoms with Crippen molar-refractivity contribution in [2.75, 3.05) is 40.0 Å². The molecule has 19 heavy (non-hydrogen) atoms. The van der Waals surface area contributed by atoms with Crippen molar-refractivity contribution in [3.05, 3.63) is 0 Å². The molecule has 1 heterocycles. The first-order valence-corrected chi connectivity index (χ1v) is 8.19. The van der Waals surface area contributed by atoms with Crippen LogP contribution >= 0.6 is 0 Å². The summed E-state index contributed by atoms with van der Waals surface area (Å²) in [5, 5.41) is 0. The Bertz CT molecular complexity index is 397. The zero-order valence-electron chi connectivity index (χ0n) is 12.0. The van der Waals surface area contributed by atoms with Crippen LogP contribution < -0.4 is 0 Å². The number of carbonyl (C=O) groups is 1. The molecule has 7 heteroatoms. The number of ether oxygens (including phenoxy) is 1. The SMILES string of the molecule is COC(=O)CCCS(=O)(=O)N(C)CC1CCCN1C. The topological polar surface area (TPSA) is 66.9 Å². The van der Waals surface area contributed by atoms with Crippen LogP contribution in [0.1, 0.15) is 25.7 Å². The Morgan fingerprint density at radius 2 is 2.16 bits per heavy atom. The summed E-state index contributed by atoms with van der Waals surface area (Å²) in [6, 6.07) is 0.306. The summed E-state index contributed by atoms with van der Waals surface area (Å²) in [5.41, 5.74) is 0. The van der Waals surface area contributed by atoms with E-state index in [0.717, 1.165) is 19.4 Å². The minimum atomic E-state index is -3.28. The number of nitrogens with zero attached hydrogens (tertiary/aromatic N) is 2. The molecular weight excluding hydrogens is 268 g/mol. The van der Waals surface area contributed by atoms with Gasteiger partial charge in [-0.05, 0) is 32.9 Å². The Hall–Kier alpha value is -0.660. The highest BCUT2D eigenvalue weighted by atomic mass is 32.2. The number of rotatable bonds is 7. The van der Waals surface area contributed by atoms with Crippen molar-refractivity contribution in [3.8, 4) is 0 Å². The Kier molecular flexibility index (Phi) is 6.22. The van der Waals surface area contributed by atoms with Gasteiger partial charge >= 0.3 is 5.97 Å². The van der Waals surface area contributed by atoms with Crippen molar-refractivity contribution in [1.82, 2.24) is 9.21 Å². The number of esters is 1. The molecule has 6 nitrogen and oxygen atoms in total. The molecule has 1 saturated heterocycles. The van der Waals surface area contributed by atoms with Crippen LogP contribution in [-0.2, 0) is 19.6 Å². The standard InChI is InChI=1S/C12H24N2O4S/c1-13-8-4-6-11(13)10-14(2)19(16,17)9-5-7-12(15)18-3/h11H,4-10H2,1-3H3. The molecule has 0 bridgehead atoms. The molecule has 1 aliphatic rings. The van der Waals surface area contributed by atoms with Gasteiger partial charge in [-0.25, -0.2) is 12.7 Å². The van der Waals surface area contributed by atoms with Gasteiger partial charge in [0, 0.05) is 26.1 Å². The van der Waals surface area contributed by atoms with Gasteiger partial charge in [-0.3, -0.25) is 4.79 Å². The van der Waals surface area contributed by atoms with Crippen molar-refractivity contribution >= 4 is 16.0 Å². The number of hydrogen-bond donors (Lipinski definition) is 0. The number of likely N-dealkylation sites (tertiary alicyclic amines) is 1. The van der Waals surface area contributed by atoms with Crippen LogP contribution in [0.2, 0.25) is 0 Å². The molecule has 0 aromatic rings. The van der Waals surface area contributed by atoms with Crippen LogP contribution in [0, 0.1) is 0 Å². The summed E-state index contributed by atoms with van der Waals surface area (Å²) in [4.78, 5) is 13.1. The summed E-state index contributed by atoms with van der Waals surface area (Å²) in [5.74, 6) is -0.372. The average Bonchev–Trinajstić information content (AvgIpc) is 2.74. The minimum Gasteiger partial charge on any atom is -0.469 e. The monoisotopic (exact) mass is 292 g/mol. The molecule has 112 valence electrons. The van der Waals surface area contributed by atoms with Gasteiger partial charge in [-0.15, -0.1) is 0 Å². The number of methoxy groups -OCH3 is 1. The maximum atomic E-state index is 12.1. The molecule has 0 N–H and O–H groups in total. The highest BCUT2D eigenvalue weighted by molar-refractivity contribution is 7.89. The van der Waals surface area contributed by atoms with Gasteiger partial charge < -0.3 is 9.64 Å². The lowest BCUT2D eigenvalue weighted by atomic mass is 10.2. The molecule has 1 rings (SSSR count). The predicted molar refractivity (Wildman–Crippen MR) is 73.3 cm³/mol. The normalized spacial score (nSPS) is 20.9. The van der Waals surface area contributed by atoms with Gasteiger partial charge in [0.25, 0.3) is 0 Å². The van der Waals surface area contributed by atoms with E-state index in [2.05, 4.69) is 9.64 Å². The van der Waals surface area contributed by atoms with Crippen molar-refractivity contribution in [3.63, 3.8) is 0 Å². The van der Waals surface area contributed by atoms with Crippen LogP contribution in [0.15, 0.2) is 0 Å². The first-order chi connectivity index (χ1) is 8.86. The fraction of sp³-hybridized carbons (Fsp3) is 0.917. The van der Waals surface area contributed by atoms with Gasteiger partial charge in [0.1, 0.15) is 0 Å². The van der Waals surface area contributed by atoms with E-state index in [-0.39, 0.29) is 18.1 Å². The third-order valence-corrected chi connectivity index (χ3v) is 5.53. The number of sulfonamides is 1. The van der Waals surface area contributed by atoms with Gasteiger partial charge in [0.05, 0.1) is 12.9 Å². The molecule has 0 aromatic heterocycles. The molecule has 0 aliphatic carbocycles. The summed E-state index contributed by atoms with van der Waals surface area (Å²) in [6.45, 7) is 1.55.